The Balaban J connectivity index is 0.00000420. The topological polar surface area (TPSA) is 48.9 Å². The molecule has 0 atom stereocenters. The maximum Gasteiger partial charge on any atom is 0.191 e. The van der Waals surface area contributed by atoms with Crippen LogP contribution in [0.25, 0.3) is 0 Å². The molecule has 0 aliphatic rings. The van der Waals surface area contributed by atoms with Crippen molar-refractivity contribution in [1.29, 1.82) is 0 Å². The predicted molar refractivity (Wildman–Crippen MR) is 129 cm³/mol. The van der Waals surface area contributed by atoms with Gasteiger partial charge in [0.1, 0.15) is 11.6 Å². The summed E-state index contributed by atoms with van der Waals surface area (Å²) in [7, 11) is 5.55. The van der Waals surface area contributed by atoms with Crippen molar-refractivity contribution in [2.75, 3.05) is 34.3 Å². The molecule has 2 aromatic carbocycles. The number of rotatable bonds is 9. The number of nitrogens with zero attached hydrogens (tertiary/aromatic N) is 2. The highest BCUT2D eigenvalue weighted by atomic mass is 127. The molecule has 0 fully saturated rings. The first-order valence-electron chi connectivity index (χ1n) is 9.59. The molecule has 5 nitrogen and oxygen atoms in total. The third-order valence-corrected chi connectivity index (χ3v) is 4.24. The van der Waals surface area contributed by atoms with Crippen LogP contribution in [0.15, 0.2) is 47.5 Å². The van der Waals surface area contributed by atoms with Crippen molar-refractivity contribution in [3.63, 3.8) is 0 Å². The Morgan fingerprint density at radius 1 is 1.10 bits per heavy atom. The molecule has 0 radical (unpaired) electrons. The fraction of sp³-hybridized carbons (Fsp3) is 0.409. The van der Waals surface area contributed by atoms with E-state index in [0.717, 1.165) is 42.3 Å². The molecule has 7 heteroatoms. The van der Waals surface area contributed by atoms with Gasteiger partial charge in [-0.05, 0) is 56.8 Å². The second-order valence-corrected chi connectivity index (χ2v) is 6.85. The van der Waals surface area contributed by atoms with Gasteiger partial charge in [-0.25, -0.2) is 9.38 Å². The fourth-order valence-corrected chi connectivity index (χ4v) is 2.93. The standard InChI is InChI=1S/C22H31FN4O.HI/c1-5-24-22(25-13-12-18-8-6-7-9-21(18)28-4)26-15-17-10-11-20(23)19(14-17)16-27(2)3;/h6-11,14H,5,12-13,15-16H2,1-4H3,(H2,24,25,26);1H. The second-order valence-electron chi connectivity index (χ2n) is 6.85. The lowest BCUT2D eigenvalue weighted by Gasteiger charge is -2.14. The Morgan fingerprint density at radius 2 is 1.86 bits per heavy atom. The summed E-state index contributed by atoms with van der Waals surface area (Å²) in [6, 6.07) is 13.2. The zero-order valence-electron chi connectivity index (χ0n) is 17.7. The molecular formula is C22H32FIN4O. The van der Waals surface area contributed by atoms with Gasteiger partial charge in [0.2, 0.25) is 0 Å². The SMILES string of the molecule is CCNC(=NCc1ccc(F)c(CN(C)C)c1)NCCc1ccccc1OC.I. The molecular weight excluding hydrogens is 482 g/mol. The lowest BCUT2D eigenvalue weighted by atomic mass is 10.1. The van der Waals surface area contributed by atoms with Crippen LogP contribution in [-0.4, -0.2) is 45.2 Å². The molecule has 160 valence electrons. The average molecular weight is 514 g/mol. The first kappa shape index (κ1) is 25.2. The van der Waals surface area contributed by atoms with Gasteiger partial charge in [-0.1, -0.05) is 24.3 Å². The van der Waals surface area contributed by atoms with Crippen LogP contribution in [0.1, 0.15) is 23.6 Å². The molecule has 0 bridgehead atoms. The Bertz CT molecular complexity index is 783. The Morgan fingerprint density at radius 3 is 2.55 bits per heavy atom. The Kier molecular flexibility index (Phi) is 11.6. The molecule has 0 aliphatic carbocycles. The molecule has 2 N–H and O–H groups in total. The number of guanidine groups is 1. The van der Waals surface area contributed by atoms with E-state index in [1.54, 1.807) is 13.2 Å². The van der Waals surface area contributed by atoms with Gasteiger partial charge in [-0.2, -0.15) is 0 Å². The van der Waals surface area contributed by atoms with Crippen molar-refractivity contribution in [1.82, 2.24) is 15.5 Å². The number of aliphatic imine (C=N–C) groups is 1. The van der Waals surface area contributed by atoms with Crippen LogP contribution in [-0.2, 0) is 19.5 Å². The molecule has 0 aromatic heterocycles. The lowest BCUT2D eigenvalue weighted by molar-refractivity contribution is 0.392. The summed E-state index contributed by atoms with van der Waals surface area (Å²) in [6.07, 6.45) is 0.831. The first-order valence-corrected chi connectivity index (χ1v) is 9.59. The van der Waals surface area contributed by atoms with Crippen LogP contribution in [0, 0.1) is 5.82 Å². The van der Waals surface area contributed by atoms with Gasteiger partial charge in [0.05, 0.1) is 13.7 Å². The van der Waals surface area contributed by atoms with Crippen LogP contribution < -0.4 is 15.4 Å². The molecule has 0 aliphatic heterocycles. The van der Waals surface area contributed by atoms with E-state index in [2.05, 4.69) is 21.7 Å². The third kappa shape index (κ3) is 8.57. The summed E-state index contributed by atoms with van der Waals surface area (Å²) < 4.78 is 19.3. The average Bonchev–Trinajstić information content (AvgIpc) is 2.68. The number of hydrogen-bond acceptors (Lipinski definition) is 3. The quantitative estimate of drug-likeness (QED) is 0.304. The Labute approximate surface area is 190 Å². The molecule has 0 saturated heterocycles. The number of methoxy groups -OCH3 is 1. The second kappa shape index (κ2) is 13.4. The molecule has 2 aromatic rings. The summed E-state index contributed by atoms with van der Waals surface area (Å²) in [6.45, 7) is 4.60. The number of ether oxygens (including phenoxy) is 1. The zero-order chi connectivity index (χ0) is 20.4. The van der Waals surface area contributed by atoms with E-state index in [-0.39, 0.29) is 29.8 Å². The highest BCUT2D eigenvalue weighted by molar-refractivity contribution is 14.0. The van der Waals surface area contributed by atoms with Gasteiger partial charge in [0.15, 0.2) is 5.96 Å². The van der Waals surface area contributed by atoms with Gasteiger partial charge < -0.3 is 20.3 Å². The van der Waals surface area contributed by atoms with E-state index < -0.39 is 0 Å². The van der Waals surface area contributed by atoms with E-state index in [4.69, 9.17) is 4.74 Å². The van der Waals surface area contributed by atoms with Gasteiger partial charge >= 0.3 is 0 Å². The molecule has 0 unspecified atom stereocenters. The van der Waals surface area contributed by atoms with Gasteiger partial charge in [0, 0.05) is 25.2 Å². The minimum absolute atomic E-state index is 0. The minimum atomic E-state index is -0.178. The zero-order valence-corrected chi connectivity index (χ0v) is 20.0. The highest BCUT2D eigenvalue weighted by Gasteiger charge is 2.06. The lowest BCUT2D eigenvalue weighted by Crippen LogP contribution is -2.38. The van der Waals surface area contributed by atoms with Crippen molar-refractivity contribution in [3.05, 3.63) is 65.0 Å². The smallest absolute Gasteiger partial charge is 0.191 e. The van der Waals surface area contributed by atoms with Gasteiger partial charge in [-0.15, -0.1) is 24.0 Å². The van der Waals surface area contributed by atoms with Crippen molar-refractivity contribution in [3.8, 4) is 5.75 Å². The van der Waals surface area contributed by atoms with Crippen molar-refractivity contribution >= 4 is 29.9 Å². The summed E-state index contributed by atoms with van der Waals surface area (Å²) >= 11 is 0. The van der Waals surface area contributed by atoms with Crippen LogP contribution in [0.5, 0.6) is 5.75 Å². The van der Waals surface area contributed by atoms with E-state index >= 15 is 0 Å². The number of para-hydroxylation sites is 1. The van der Waals surface area contributed by atoms with Gasteiger partial charge in [-0.3, -0.25) is 0 Å². The van der Waals surface area contributed by atoms with E-state index in [0.29, 0.717) is 18.7 Å². The minimum Gasteiger partial charge on any atom is -0.496 e. The first-order chi connectivity index (χ1) is 13.5. The van der Waals surface area contributed by atoms with Crippen molar-refractivity contribution < 1.29 is 9.13 Å². The maximum atomic E-state index is 13.9. The highest BCUT2D eigenvalue weighted by Crippen LogP contribution is 2.17. The maximum absolute atomic E-state index is 13.9. The molecule has 2 rings (SSSR count). The largest absolute Gasteiger partial charge is 0.496 e. The molecule has 29 heavy (non-hydrogen) atoms. The monoisotopic (exact) mass is 514 g/mol. The summed E-state index contributed by atoms with van der Waals surface area (Å²) in [4.78, 5) is 6.59. The van der Waals surface area contributed by atoms with E-state index in [9.17, 15) is 4.39 Å². The van der Waals surface area contributed by atoms with Crippen molar-refractivity contribution in [2.45, 2.75) is 26.4 Å². The summed E-state index contributed by atoms with van der Waals surface area (Å²) in [5.74, 6) is 1.46. The van der Waals surface area contributed by atoms with Crippen molar-refractivity contribution in [2.24, 2.45) is 4.99 Å². The van der Waals surface area contributed by atoms with Crippen LogP contribution in [0.2, 0.25) is 0 Å². The van der Waals surface area contributed by atoms with Crippen LogP contribution in [0.4, 0.5) is 4.39 Å². The fourth-order valence-electron chi connectivity index (χ4n) is 2.93. The van der Waals surface area contributed by atoms with Gasteiger partial charge in [0.25, 0.3) is 0 Å². The number of benzene rings is 2. The normalized spacial score (nSPS) is 11.2. The third-order valence-electron chi connectivity index (χ3n) is 4.24. The number of hydrogen-bond donors (Lipinski definition) is 2. The summed E-state index contributed by atoms with van der Waals surface area (Å²) in [5.41, 5.74) is 2.83. The molecule has 0 saturated carbocycles. The van der Waals surface area contributed by atoms with E-state index in [1.807, 2.05) is 50.2 Å². The molecule has 0 spiro atoms. The van der Waals surface area contributed by atoms with Crippen LogP contribution >= 0.6 is 24.0 Å². The predicted octanol–water partition coefficient (Wildman–Crippen LogP) is 3.81. The molecule has 0 heterocycles. The number of halogens is 2. The Hall–Kier alpha value is -1.87. The molecule has 0 amide bonds. The van der Waals surface area contributed by atoms with Crippen LogP contribution in [0.3, 0.4) is 0 Å². The summed E-state index contributed by atoms with van der Waals surface area (Å²) in [5, 5.41) is 6.60. The van der Waals surface area contributed by atoms with E-state index in [1.165, 1.54) is 6.07 Å². The number of nitrogens with one attached hydrogen (secondary N) is 2.